The Labute approximate surface area is 116 Å². The van der Waals surface area contributed by atoms with Crippen molar-refractivity contribution in [2.75, 3.05) is 26.9 Å². The number of esters is 1. The van der Waals surface area contributed by atoms with Crippen LogP contribution in [-0.4, -0.2) is 43.5 Å². The Balaban J connectivity index is 1.75. The molecule has 19 heavy (non-hydrogen) atoms. The normalized spacial score (nSPS) is 22.6. The van der Waals surface area contributed by atoms with Gasteiger partial charge >= 0.3 is 5.97 Å². The highest BCUT2D eigenvalue weighted by atomic mass is 32.1. The molecule has 0 aliphatic carbocycles. The van der Waals surface area contributed by atoms with Crippen molar-refractivity contribution >= 4 is 17.3 Å². The lowest BCUT2D eigenvalue weighted by Gasteiger charge is -2.20. The SMILES string of the molecule is COC(=O)Cc1ccc(CNCC2(O)CCOC2)s1. The van der Waals surface area contributed by atoms with E-state index < -0.39 is 5.60 Å². The smallest absolute Gasteiger partial charge is 0.310 e. The van der Waals surface area contributed by atoms with Gasteiger partial charge in [-0.15, -0.1) is 11.3 Å². The molecule has 2 heterocycles. The van der Waals surface area contributed by atoms with E-state index >= 15 is 0 Å². The number of thiophene rings is 1. The van der Waals surface area contributed by atoms with Gasteiger partial charge in [0.1, 0.15) is 5.60 Å². The summed E-state index contributed by atoms with van der Waals surface area (Å²) in [5.74, 6) is -0.223. The van der Waals surface area contributed by atoms with Crippen molar-refractivity contribution in [2.24, 2.45) is 0 Å². The van der Waals surface area contributed by atoms with Crippen LogP contribution in [0.3, 0.4) is 0 Å². The van der Waals surface area contributed by atoms with E-state index in [1.165, 1.54) is 7.11 Å². The van der Waals surface area contributed by atoms with E-state index in [0.717, 1.165) is 9.75 Å². The first-order valence-corrected chi connectivity index (χ1v) is 7.08. The first-order chi connectivity index (χ1) is 9.11. The van der Waals surface area contributed by atoms with Crippen molar-refractivity contribution < 1.29 is 19.4 Å². The van der Waals surface area contributed by atoms with Gasteiger partial charge in [0, 0.05) is 35.9 Å². The predicted octanol–water partition coefficient (Wildman–Crippen LogP) is 0.705. The number of aliphatic hydroxyl groups is 1. The van der Waals surface area contributed by atoms with Gasteiger partial charge in [-0.2, -0.15) is 0 Å². The van der Waals surface area contributed by atoms with Gasteiger partial charge in [-0.3, -0.25) is 4.79 Å². The standard InChI is InChI=1S/C13H19NO4S/c1-17-12(15)6-10-2-3-11(19-10)7-14-8-13(16)4-5-18-9-13/h2-3,14,16H,4-9H2,1H3. The Hall–Kier alpha value is -0.950. The molecule has 106 valence electrons. The van der Waals surface area contributed by atoms with Gasteiger partial charge in [0.05, 0.1) is 20.1 Å². The number of carbonyl (C=O) groups is 1. The van der Waals surface area contributed by atoms with Crippen LogP contribution in [0.4, 0.5) is 0 Å². The van der Waals surface area contributed by atoms with Crippen LogP contribution in [0.5, 0.6) is 0 Å². The minimum atomic E-state index is -0.730. The van der Waals surface area contributed by atoms with Crippen molar-refractivity contribution in [1.29, 1.82) is 0 Å². The summed E-state index contributed by atoms with van der Waals surface area (Å²) in [5, 5.41) is 13.3. The molecule has 2 N–H and O–H groups in total. The number of carbonyl (C=O) groups excluding carboxylic acids is 1. The molecule has 0 radical (unpaired) electrons. The summed E-state index contributed by atoms with van der Waals surface area (Å²) in [5.41, 5.74) is -0.730. The van der Waals surface area contributed by atoms with Crippen LogP contribution in [0.1, 0.15) is 16.2 Å². The van der Waals surface area contributed by atoms with Crippen LogP contribution in [0, 0.1) is 0 Å². The van der Waals surface area contributed by atoms with E-state index in [1.807, 2.05) is 12.1 Å². The average molecular weight is 285 g/mol. The second kappa shape index (κ2) is 6.47. The van der Waals surface area contributed by atoms with Gasteiger partial charge in [0.25, 0.3) is 0 Å². The number of ether oxygens (including phenoxy) is 2. The van der Waals surface area contributed by atoms with E-state index in [1.54, 1.807) is 11.3 Å². The Bertz CT molecular complexity index is 426. The fraction of sp³-hybridized carbons (Fsp3) is 0.615. The number of rotatable bonds is 6. The quantitative estimate of drug-likeness (QED) is 0.753. The molecule has 1 saturated heterocycles. The molecule has 1 aliphatic heterocycles. The average Bonchev–Trinajstić information content (AvgIpc) is 2.99. The zero-order valence-electron chi connectivity index (χ0n) is 11.0. The summed E-state index contributed by atoms with van der Waals surface area (Å²) in [6.45, 7) is 2.24. The molecular formula is C13H19NO4S. The maximum atomic E-state index is 11.1. The van der Waals surface area contributed by atoms with E-state index in [-0.39, 0.29) is 5.97 Å². The highest BCUT2D eigenvalue weighted by molar-refractivity contribution is 7.12. The lowest BCUT2D eigenvalue weighted by Crippen LogP contribution is -2.40. The Morgan fingerprint density at radius 1 is 1.58 bits per heavy atom. The van der Waals surface area contributed by atoms with Gasteiger partial charge in [-0.1, -0.05) is 0 Å². The molecule has 1 fully saturated rings. The molecule has 2 rings (SSSR count). The second-order valence-corrected chi connectivity index (χ2v) is 6.00. The van der Waals surface area contributed by atoms with Crippen LogP contribution in [0.2, 0.25) is 0 Å². The molecule has 0 bridgehead atoms. The predicted molar refractivity (Wildman–Crippen MR) is 72.1 cm³/mol. The third-order valence-electron chi connectivity index (χ3n) is 3.10. The largest absolute Gasteiger partial charge is 0.469 e. The molecule has 1 aromatic heterocycles. The number of hydrogen-bond donors (Lipinski definition) is 2. The first-order valence-electron chi connectivity index (χ1n) is 6.26. The monoisotopic (exact) mass is 285 g/mol. The van der Waals surface area contributed by atoms with Crippen molar-refractivity contribution in [3.8, 4) is 0 Å². The van der Waals surface area contributed by atoms with Crippen LogP contribution >= 0.6 is 11.3 Å². The summed E-state index contributed by atoms with van der Waals surface area (Å²) in [4.78, 5) is 13.3. The Morgan fingerprint density at radius 2 is 2.37 bits per heavy atom. The highest BCUT2D eigenvalue weighted by Gasteiger charge is 2.31. The summed E-state index contributed by atoms with van der Waals surface area (Å²) in [6.07, 6.45) is 0.997. The van der Waals surface area contributed by atoms with Crippen molar-refractivity contribution in [2.45, 2.75) is 25.0 Å². The van der Waals surface area contributed by atoms with E-state index in [4.69, 9.17) is 4.74 Å². The summed E-state index contributed by atoms with van der Waals surface area (Å²) in [6, 6.07) is 3.93. The van der Waals surface area contributed by atoms with E-state index in [9.17, 15) is 9.90 Å². The molecule has 0 saturated carbocycles. The van der Waals surface area contributed by atoms with E-state index in [2.05, 4.69) is 10.1 Å². The molecule has 1 atom stereocenters. The zero-order chi connectivity index (χ0) is 13.7. The van der Waals surface area contributed by atoms with Crippen molar-refractivity contribution in [1.82, 2.24) is 5.32 Å². The fourth-order valence-corrected chi connectivity index (χ4v) is 2.95. The zero-order valence-corrected chi connectivity index (χ0v) is 11.8. The lowest BCUT2D eigenvalue weighted by atomic mass is 10.0. The molecule has 6 heteroatoms. The van der Waals surface area contributed by atoms with E-state index in [0.29, 0.717) is 39.1 Å². The maximum Gasteiger partial charge on any atom is 0.310 e. The molecule has 1 aliphatic rings. The summed E-state index contributed by atoms with van der Waals surface area (Å²) in [7, 11) is 1.39. The molecule has 1 unspecified atom stereocenters. The third kappa shape index (κ3) is 4.28. The van der Waals surface area contributed by atoms with Crippen molar-refractivity contribution in [3.63, 3.8) is 0 Å². The number of nitrogens with one attached hydrogen (secondary N) is 1. The molecule has 0 amide bonds. The third-order valence-corrected chi connectivity index (χ3v) is 4.18. The first kappa shape index (κ1) is 14.5. The van der Waals surface area contributed by atoms with Gasteiger partial charge in [0.2, 0.25) is 0 Å². The topological polar surface area (TPSA) is 67.8 Å². The van der Waals surface area contributed by atoms with Crippen LogP contribution in [-0.2, 0) is 27.2 Å². The molecule has 1 aromatic rings. The molecule has 0 spiro atoms. The van der Waals surface area contributed by atoms with Gasteiger partial charge in [0.15, 0.2) is 0 Å². The Kier molecular flexibility index (Phi) is 4.93. The number of hydrogen-bond acceptors (Lipinski definition) is 6. The molecule has 5 nitrogen and oxygen atoms in total. The highest BCUT2D eigenvalue weighted by Crippen LogP contribution is 2.19. The minimum absolute atomic E-state index is 0.223. The van der Waals surface area contributed by atoms with Gasteiger partial charge in [-0.25, -0.2) is 0 Å². The van der Waals surface area contributed by atoms with Crippen LogP contribution in [0.15, 0.2) is 12.1 Å². The molecular weight excluding hydrogens is 266 g/mol. The number of methoxy groups -OCH3 is 1. The fourth-order valence-electron chi connectivity index (χ4n) is 1.98. The minimum Gasteiger partial charge on any atom is -0.469 e. The van der Waals surface area contributed by atoms with Gasteiger partial charge < -0.3 is 19.9 Å². The molecule has 0 aromatic carbocycles. The summed E-state index contributed by atoms with van der Waals surface area (Å²) < 4.78 is 9.81. The Morgan fingerprint density at radius 3 is 3.05 bits per heavy atom. The van der Waals surface area contributed by atoms with Crippen LogP contribution < -0.4 is 5.32 Å². The van der Waals surface area contributed by atoms with Crippen molar-refractivity contribution in [3.05, 3.63) is 21.9 Å². The van der Waals surface area contributed by atoms with Gasteiger partial charge in [-0.05, 0) is 12.1 Å². The summed E-state index contributed by atoms with van der Waals surface area (Å²) >= 11 is 1.58. The second-order valence-electron chi connectivity index (χ2n) is 4.75. The van der Waals surface area contributed by atoms with Crippen LogP contribution in [0.25, 0.3) is 0 Å². The maximum absolute atomic E-state index is 11.1. The lowest BCUT2D eigenvalue weighted by molar-refractivity contribution is -0.139.